The first-order valence-electron chi connectivity index (χ1n) is 12.3. The summed E-state index contributed by atoms with van der Waals surface area (Å²) in [5, 5.41) is 14.3. The summed E-state index contributed by atoms with van der Waals surface area (Å²) >= 11 is 0. The van der Waals surface area contributed by atoms with E-state index >= 15 is 8.78 Å². The molecular weight excluding hydrogens is 490 g/mol. The number of fused-ring (bicyclic) bond motifs is 1. The highest BCUT2D eigenvalue weighted by atomic mass is 19.3. The number of anilines is 2. The summed E-state index contributed by atoms with van der Waals surface area (Å²) in [6.07, 6.45) is 3.86. The van der Waals surface area contributed by atoms with Crippen LogP contribution in [0.25, 0.3) is 16.9 Å². The topological polar surface area (TPSA) is 111 Å². The van der Waals surface area contributed by atoms with Crippen molar-refractivity contribution < 1.29 is 17.6 Å². The Morgan fingerprint density at radius 2 is 1.89 bits per heavy atom. The largest absolute Gasteiger partial charge is 0.368 e. The Morgan fingerprint density at radius 3 is 2.59 bits per heavy atom. The molecule has 3 aromatic rings. The van der Waals surface area contributed by atoms with E-state index in [1.54, 1.807) is 0 Å². The molecule has 13 heteroatoms. The predicted octanol–water partition coefficient (Wildman–Crippen LogP) is 3.92. The highest BCUT2D eigenvalue weighted by Crippen LogP contribution is 2.46. The minimum Gasteiger partial charge on any atom is -0.368 e. The molecule has 3 aliphatic rings. The maximum atomic E-state index is 15.8. The van der Waals surface area contributed by atoms with Crippen molar-refractivity contribution >= 4 is 11.8 Å². The van der Waals surface area contributed by atoms with Gasteiger partial charge in [0.2, 0.25) is 5.95 Å². The average molecular weight is 518 g/mol. The fourth-order valence-electron chi connectivity index (χ4n) is 5.94. The number of halogens is 4. The first-order valence-corrected chi connectivity index (χ1v) is 12.3. The van der Waals surface area contributed by atoms with E-state index in [9.17, 15) is 8.78 Å². The molecule has 0 spiro atoms. The number of hydrogen-bond acceptors (Lipinski definition) is 8. The van der Waals surface area contributed by atoms with Gasteiger partial charge in [-0.05, 0) is 73.6 Å². The molecule has 0 bridgehead atoms. The molecule has 1 saturated carbocycles. The molecule has 0 amide bonds. The Morgan fingerprint density at radius 1 is 1.11 bits per heavy atom. The van der Waals surface area contributed by atoms with Crippen molar-refractivity contribution in [3.8, 4) is 16.9 Å². The number of nitrogens with two attached hydrogens (primary N) is 1. The number of aromatic nitrogens is 6. The molecule has 2 atom stereocenters. The van der Waals surface area contributed by atoms with Crippen LogP contribution in [0.5, 0.6) is 0 Å². The monoisotopic (exact) mass is 517 g/mol. The van der Waals surface area contributed by atoms with E-state index in [1.807, 2.05) is 18.7 Å². The number of piperidine rings is 1. The summed E-state index contributed by atoms with van der Waals surface area (Å²) in [5.74, 6) is -4.52. The van der Waals surface area contributed by atoms with Crippen LogP contribution >= 0.6 is 0 Å². The van der Waals surface area contributed by atoms with Gasteiger partial charge in [0, 0.05) is 29.6 Å². The molecule has 196 valence electrons. The van der Waals surface area contributed by atoms with E-state index in [1.165, 1.54) is 23.1 Å². The molecule has 0 unspecified atom stereocenters. The lowest BCUT2D eigenvalue weighted by Gasteiger charge is -2.47. The van der Waals surface area contributed by atoms with Gasteiger partial charge in [-0.2, -0.15) is 4.98 Å². The third kappa shape index (κ3) is 4.38. The Bertz CT molecular complexity index is 1340. The van der Waals surface area contributed by atoms with Crippen LogP contribution in [0.3, 0.4) is 0 Å². The van der Waals surface area contributed by atoms with Crippen LogP contribution in [0.15, 0.2) is 18.5 Å². The number of tetrazole rings is 1. The van der Waals surface area contributed by atoms with E-state index in [0.717, 1.165) is 18.4 Å². The minimum atomic E-state index is -2.75. The highest BCUT2D eigenvalue weighted by molar-refractivity contribution is 5.69. The zero-order chi connectivity index (χ0) is 26.1. The molecule has 9 nitrogen and oxygen atoms in total. The number of nitrogen functional groups attached to an aromatic ring is 1. The van der Waals surface area contributed by atoms with Gasteiger partial charge in [0.15, 0.2) is 11.6 Å². The lowest BCUT2D eigenvalue weighted by atomic mass is 9.84. The van der Waals surface area contributed by atoms with Gasteiger partial charge in [-0.1, -0.05) is 0 Å². The number of nitrogens with zero attached hydrogens (tertiary/aromatic N) is 7. The minimum absolute atomic E-state index is 0.102. The first-order chi connectivity index (χ1) is 17.5. The van der Waals surface area contributed by atoms with Crippen molar-refractivity contribution in [1.29, 1.82) is 0 Å². The Hall–Kier alpha value is -3.35. The van der Waals surface area contributed by atoms with E-state index in [4.69, 9.17) is 5.73 Å². The normalized spacial score (nSPS) is 24.7. The molecule has 2 saturated heterocycles. The lowest BCUT2D eigenvalue weighted by Crippen LogP contribution is -2.55. The van der Waals surface area contributed by atoms with Gasteiger partial charge in [-0.3, -0.25) is 4.90 Å². The zero-order valence-corrected chi connectivity index (χ0v) is 20.4. The van der Waals surface area contributed by atoms with Gasteiger partial charge in [-0.15, -0.1) is 5.10 Å². The first kappa shape index (κ1) is 24.0. The fraction of sp³-hybridized carbons (Fsp3) is 0.542. The van der Waals surface area contributed by atoms with E-state index in [2.05, 4.69) is 30.8 Å². The Balaban J connectivity index is 1.35. The Labute approximate surface area is 210 Å². The van der Waals surface area contributed by atoms with Gasteiger partial charge >= 0.3 is 0 Å². The van der Waals surface area contributed by atoms with Crippen molar-refractivity contribution in [2.45, 2.75) is 75.4 Å². The molecule has 6 rings (SSSR count). The molecule has 3 N–H and O–H groups in total. The number of rotatable bonds is 5. The van der Waals surface area contributed by atoms with Gasteiger partial charge in [0.1, 0.15) is 17.8 Å². The van der Waals surface area contributed by atoms with E-state index < -0.39 is 23.1 Å². The molecule has 1 aliphatic carbocycles. The van der Waals surface area contributed by atoms with Crippen LogP contribution in [-0.4, -0.2) is 65.2 Å². The third-order valence-electron chi connectivity index (χ3n) is 7.65. The second-order valence-corrected chi connectivity index (χ2v) is 10.9. The third-order valence-corrected chi connectivity index (χ3v) is 7.65. The molecule has 3 fully saturated rings. The van der Waals surface area contributed by atoms with Crippen molar-refractivity contribution in [1.82, 2.24) is 35.1 Å². The lowest BCUT2D eigenvalue weighted by molar-refractivity contribution is -0.00687. The summed E-state index contributed by atoms with van der Waals surface area (Å²) in [4.78, 5) is 9.88. The van der Waals surface area contributed by atoms with Crippen LogP contribution in [0, 0.1) is 11.6 Å². The zero-order valence-electron chi connectivity index (χ0n) is 20.4. The van der Waals surface area contributed by atoms with Gasteiger partial charge in [-0.25, -0.2) is 27.2 Å². The Kier molecular flexibility index (Phi) is 5.41. The number of nitrogens with one attached hydrogen (secondary N) is 1. The van der Waals surface area contributed by atoms with Crippen LogP contribution < -0.4 is 11.1 Å². The van der Waals surface area contributed by atoms with Crippen molar-refractivity contribution in [2.75, 3.05) is 17.6 Å². The summed E-state index contributed by atoms with van der Waals surface area (Å²) in [5.41, 5.74) is 6.26. The molecule has 4 heterocycles. The second kappa shape index (κ2) is 8.33. The smallest absolute Gasteiger partial charge is 0.262 e. The predicted molar refractivity (Wildman–Crippen MR) is 127 cm³/mol. The SMILES string of the molecule is CC1(C)C[C@H](Nc2nc(N)nc(-c3cc(-n4cnnn4)c(C4CC4)cc3F)c2F)C[C@@H]2CC(F)(F)CN21. The average Bonchev–Trinajstić information content (AvgIpc) is 3.40. The van der Waals surface area contributed by atoms with Crippen molar-refractivity contribution in [3.05, 3.63) is 35.7 Å². The standard InChI is InChI=1S/C24H27F4N9/c1-23(2)8-13(5-14-9-24(27,28)10-36(14)23)31-21-19(26)20(32-22(29)33-21)16-7-18(37-11-30-34-35-37)15(6-17(16)25)12-3-4-12/h6-7,11-14H,3-5,8-10H2,1-2H3,(H3,29,31,32,33)/t13-,14-/m1/s1. The van der Waals surface area contributed by atoms with Gasteiger partial charge < -0.3 is 11.1 Å². The number of benzene rings is 1. The summed E-state index contributed by atoms with van der Waals surface area (Å²) in [7, 11) is 0. The van der Waals surface area contributed by atoms with E-state index in [-0.39, 0.29) is 54.0 Å². The fourth-order valence-corrected chi connectivity index (χ4v) is 5.94. The van der Waals surface area contributed by atoms with Crippen LogP contribution in [0.1, 0.15) is 57.4 Å². The van der Waals surface area contributed by atoms with Crippen molar-refractivity contribution in [2.24, 2.45) is 0 Å². The molecule has 2 aromatic heterocycles. The van der Waals surface area contributed by atoms with Crippen LogP contribution in [-0.2, 0) is 0 Å². The maximum absolute atomic E-state index is 15.8. The van der Waals surface area contributed by atoms with Gasteiger partial charge in [0.05, 0.1) is 12.2 Å². The number of alkyl halides is 2. The second-order valence-electron chi connectivity index (χ2n) is 10.9. The highest BCUT2D eigenvalue weighted by Gasteiger charge is 2.53. The maximum Gasteiger partial charge on any atom is 0.262 e. The number of hydrogen-bond donors (Lipinski definition) is 2. The molecule has 37 heavy (non-hydrogen) atoms. The van der Waals surface area contributed by atoms with Gasteiger partial charge in [0.25, 0.3) is 5.92 Å². The molecule has 0 radical (unpaired) electrons. The van der Waals surface area contributed by atoms with Crippen LogP contribution in [0.4, 0.5) is 29.3 Å². The summed E-state index contributed by atoms with van der Waals surface area (Å²) in [6.45, 7) is 3.53. The molecule has 1 aromatic carbocycles. The molecule has 2 aliphatic heterocycles. The summed E-state index contributed by atoms with van der Waals surface area (Å²) < 4.78 is 60.9. The van der Waals surface area contributed by atoms with Crippen LogP contribution in [0.2, 0.25) is 0 Å². The van der Waals surface area contributed by atoms with E-state index in [0.29, 0.717) is 18.5 Å². The quantitative estimate of drug-likeness (QED) is 0.490. The van der Waals surface area contributed by atoms with Crippen molar-refractivity contribution in [3.63, 3.8) is 0 Å². The molecular formula is C24H27F4N9. The summed E-state index contributed by atoms with van der Waals surface area (Å²) in [6, 6.07) is 2.16.